The molecule has 5 heteroatoms. The van der Waals surface area contributed by atoms with Crippen LogP contribution >= 0.6 is 0 Å². The second-order valence-corrected chi connectivity index (χ2v) is 6.71. The lowest BCUT2D eigenvalue weighted by atomic mass is 10.1. The van der Waals surface area contributed by atoms with Crippen LogP contribution in [-0.4, -0.2) is 22.8 Å². The Labute approximate surface area is 148 Å². The zero-order valence-electron chi connectivity index (χ0n) is 14.6. The average molecular weight is 337 g/mol. The smallest absolute Gasteiger partial charge is 0.231 e. The Hall–Kier alpha value is -2.69. The van der Waals surface area contributed by atoms with Crippen LogP contribution in [0.4, 0.5) is 11.4 Å². The van der Waals surface area contributed by atoms with Crippen molar-refractivity contribution in [2.24, 2.45) is 5.92 Å². The Balaban J connectivity index is 1.65. The first-order valence-electron chi connectivity index (χ1n) is 8.66. The number of nitrogens with zero attached hydrogens (tertiary/aromatic N) is 2. The molecule has 3 rings (SSSR count). The first kappa shape index (κ1) is 17.1. The van der Waals surface area contributed by atoms with E-state index in [0.29, 0.717) is 6.42 Å². The molecule has 1 aliphatic rings. The zero-order valence-corrected chi connectivity index (χ0v) is 14.6. The molecule has 25 heavy (non-hydrogen) atoms. The molecule has 1 N–H and O–H groups in total. The predicted octanol–water partition coefficient (Wildman–Crippen LogP) is 3.41. The monoisotopic (exact) mass is 337 g/mol. The van der Waals surface area contributed by atoms with Gasteiger partial charge in [0.1, 0.15) is 0 Å². The van der Waals surface area contributed by atoms with E-state index in [0.717, 1.165) is 29.8 Å². The first-order chi connectivity index (χ1) is 12.0. The lowest BCUT2D eigenvalue weighted by Gasteiger charge is -2.26. The van der Waals surface area contributed by atoms with Gasteiger partial charge in [-0.25, -0.2) is 0 Å². The molecule has 2 amide bonds. The number of aromatic nitrogens is 1. The summed E-state index contributed by atoms with van der Waals surface area (Å²) in [5.41, 5.74) is 2.50. The van der Waals surface area contributed by atoms with Crippen molar-refractivity contribution in [3.8, 4) is 0 Å². The molecule has 0 atom stereocenters. The van der Waals surface area contributed by atoms with Gasteiger partial charge in [0.15, 0.2) is 0 Å². The van der Waals surface area contributed by atoms with E-state index in [1.54, 1.807) is 17.3 Å². The van der Waals surface area contributed by atoms with Crippen molar-refractivity contribution >= 4 is 23.2 Å². The van der Waals surface area contributed by atoms with Gasteiger partial charge in [0.05, 0.1) is 18.3 Å². The lowest BCUT2D eigenvalue weighted by molar-refractivity contribution is -0.118. The molecule has 1 aromatic heterocycles. The fraction of sp³-hybridized carbons (Fsp3) is 0.350. The normalized spacial score (nSPS) is 13.6. The molecule has 1 aliphatic carbocycles. The van der Waals surface area contributed by atoms with Crippen LogP contribution in [0.25, 0.3) is 0 Å². The number of pyridine rings is 1. The minimum Gasteiger partial charge on any atom is -0.326 e. The van der Waals surface area contributed by atoms with Crippen molar-refractivity contribution in [3.63, 3.8) is 0 Å². The number of amides is 2. The van der Waals surface area contributed by atoms with Gasteiger partial charge in [-0.1, -0.05) is 12.1 Å². The van der Waals surface area contributed by atoms with Crippen LogP contribution in [0, 0.1) is 5.92 Å². The Kier molecular flexibility index (Phi) is 5.12. The van der Waals surface area contributed by atoms with Crippen LogP contribution in [0.15, 0.2) is 48.8 Å². The molecule has 0 saturated heterocycles. The fourth-order valence-electron chi connectivity index (χ4n) is 2.78. The van der Waals surface area contributed by atoms with Gasteiger partial charge in [-0.15, -0.1) is 0 Å². The van der Waals surface area contributed by atoms with Crippen molar-refractivity contribution in [3.05, 3.63) is 54.4 Å². The highest BCUT2D eigenvalue weighted by atomic mass is 16.2. The van der Waals surface area contributed by atoms with Crippen molar-refractivity contribution in [2.75, 3.05) is 10.2 Å². The third kappa shape index (κ3) is 4.44. The molecule has 1 aromatic carbocycles. The summed E-state index contributed by atoms with van der Waals surface area (Å²) in [5, 5.41) is 2.91. The Bertz CT molecular complexity index is 737. The number of anilines is 2. The second kappa shape index (κ2) is 7.47. The van der Waals surface area contributed by atoms with Crippen molar-refractivity contribution in [2.45, 2.75) is 39.2 Å². The maximum atomic E-state index is 12.7. The Morgan fingerprint density at radius 3 is 2.48 bits per heavy atom. The number of carbonyl (C=O) groups is 2. The van der Waals surface area contributed by atoms with Crippen LogP contribution in [0.5, 0.6) is 0 Å². The molecule has 0 aliphatic heterocycles. The van der Waals surface area contributed by atoms with E-state index in [2.05, 4.69) is 10.3 Å². The van der Waals surface area contributed by atoms with E-state index in [4.69, 9.17) is 0 Å². The number of nitrogens with one attached hydrogen (secondary N) is 1. The molecule has 0 bridgehead atoms. The summed E-state index contributed by atoms with van der Waals surface area (Å²) >= 11 is 0. The van der Waals surface area contributed by atoms with Crippen LogP contribution in [0.3, 0.4) is 0 Å². The molecule has 0 unspecified atom stereocenters. The maximum absolute atomic E-state index is 12.7. The van der Waals surface area contributed by atoms with Crippen LogP contribution in [0.2, 0.25) is 0 Å². The van der Waals surface area contributed by atoms with Gasteiger partial charge >= 0.3 is 0 Å². The van der Waals surface area contributed by atoms with E-state index in [-0.39, 0.29) is 23.8 Å². The second-order valence-electron chi connectivity index (χ2n) is 6.71. The standard InChI is InChI=1S/C20H23N3O2/c1-14(2)23(18-4-3-11-21-13-18)19(24)12-15-5-9-17(10-6-15)22-20(25)16-7-8-16/h3-6,9-11,13-14,16H,7-8,12H2,1-2H3,(H,22,25). The zero-order chi connectivity index (χ0) is 17.8. The first-order valence-corrected chi connectivity index (χ1v) is 8.66. The van der Waals surface area contributed by atoms with Gasteiger partial charge in [-0.3, -0.25) is 14.6 Å². The third-order valence-corrected chi connectivity index (χ3v) is 4.23. The van der Waals surface area contributed by atoms with Crippen LogP contribution < -0.4 is 10.2 Å². The highest BCUT2D eigenvalue weighted by molar-refractivity contribution is 5.96. The molecule has 0 radical (unpaired) electrons. The minimum atomic E-state index is 0.0257. The topological polar surface area (TPSA) is 62.3 Å². The molecule has 1 heterocycles. The molecule has 130 valence electrons. The SMILES string of the molecule is CC(C)N(C(=O)Cc1ccc(NC(=O)C2CC2)cc1)c1cccnc1. The number of benzene rings is 1. The van der Waals surface area contributed by atoms with Crippen LogP contribution in [0.1, 0.15) is 32.3 Å². The fourth-order valence-corrected chi connectivity index (χ4v) is 2.78. The van der Waals surface area contributed by atoms with E-state index < -0.39 is 0 Å². The van der Waals surface area contributed by atoms with Gasteiger partial charge in [-0.05, 0) is 56.5 Å². The van der Waals surface area contributed by atoms with Crippen molar-refractivity contribution < 1.29 is 9.59 Å². The van der Waals surface area contributed by atoms with E-state index in [1.165, 1.54) is 0 Å². The highest BCUT2D eigenvalue weighted by Gasteiger charge is 2.29. The number of carbonyl (C=O) groups excluding carboxylic acids is 2. The van der Waals surface area contributed by atoms with Crippen molar-refractivity contribution in [1.82, 2.24) is 4.98 Å². The minimum absolute atomic E-state index is 0.0257. The van der Waals surface area contributed by atoms with E-state index in [1.807, 2.05) is 50.2 Å². The summed E-state index contributed by atoms with van der Waals surface area (Å²) in [7, 11) is 0. The molecular formula is C20H23N3O2. The summed E-state index contributed by atoms with van der Waals surface area (Å²) in [6, 6.07) is 11.3. The largest absolute Gasteiger partial charge is 0.326 e. The Morgan fingerprint density at radius 2 is 1.92 bits per heavy atom. The summed E-state index contributed by atoms with van der Waals surface area (Å²) in [6.45, 7) is 3.98. The van der Waals surface area contributed by atoms with Gasteiger partial charge in [0, 0.05) is 23.8 Å². The molecule has 0 spiro atoms. The summed E-state index contributed by atoms with van der Waals surface area (Å²) < 4.78 is 0. The van der Waals surface area contributed by atoms with Gasteiger partial charge in [0.25, 0.3) is 0 Å². The van der Waals surface area contributed by atoms with Gasteiger partial charge in [0.2, 0.25) is 11.8 Å². The van der Waals surface area contributed by atoms with Gasteiger partial charge < -0.3 is 10.2 Å². The number of rotatable bonds is 6. The Morgan fingerprint density at radius 1 is 1.20 bits per heavy atom. The average Bonchev–Trinajstić information content (AvgIpc) is 3.42. The summed E-state index contributed by atoms with van der Waals surface area (Å²) in [6.07, 6.45) is 5.68. The molecule has 2 aromatic rings. The van der Waals surface area contributed by atoms with E-state index in [9.17, 15) is 9.59 Å². The number of hydrogen-bond acceptors (Lipinski definition) is 3. The quantitative estimate of drug-likeness (QED) is 0.878. The van der Waals surface area contributed by atoms with Crippen LogP contribution in [-0.2, 0) is 16.0 Å². The predicted molar refractivity (Wildman–Crippen MR) is 98.4 cm³/mol. The maximum Gasteiger partial charge on any atom is 0.231 e. The third-order valence-electron chi connectivity index (χ3n) is 4.23. The van der Waals surface area contributed by atoms with Crippen molar-refractivity contribution in [1.29, 1.82) is 0 Å². The van der Waals surface area contributed by atoms with E-state index >= 15 is 0 Å². The molecule has 1 fully saturated rings. The molecule has 1 saturated carbocycles. The molecule has 5 nitrogen and oxygen atoms in total. The molecular weight excluding hydrogens is 314 g/mol. The van der Waals surface area contributed by atoms with Gasteiger partial charge in [-0.2, -0.15) is 0 Å². The lowest BCUT2D eigenvalue weighted by Crippen LogP contribution is -2.38. The summed E-state index contributed by atoms with van der Waals surface area (Å²) in [4.78, 5) is 30.4. The highest BCUT2D eigenvalue weighted by Crippen LogP contribution is 2.30. The summed E-state index contributed by atoms with van der Waals surface area (Å²) in [5.74, 6) is 0.296. The number of hydrogen-bond donors (Lipinski definition) is 1.